The number of nitrogens with one attached hydrogen (secondary N) is 2. The summed E-state index contributed by atoms with van der Waals surface area (Å²) in [5.74, 6) is 0. The van der Waals surface area contributed by atoms with Crippen molar-refractivity contribution < 1.29 is 0 Å². The van der Waals surface area contributed by atoms with Gasteiger partial charge in [-0.1, -0.05) is 6.07 Å². The molecule has 0 amide bonds. The summed E-state index contributed by atoms with van der Waals surface area (Å²) in [5, 5.41) is 7.65. The molecule has 0 bridgehead atoms. The molecule has 86 valence electrons. The Kier molecular flexibility index (Phi) is 2.59. The molecule has 3 aromatic rings. The lowest BCUT2D eigenvalue weighted by Crippen LogP contribution is -2.12. The number of imidazole rings is 1. The van der Waals surface area contributed by atoms with Crippen molar-refractivity contribution in [3.63, 3.8) is 0 Å². The zero-order chi connectivity index (χ0) is 11.5. The van der Waals surface area contributed by atoms with Gasteiger partial charge < -0.3 is 10.3 Å². The topological polar surface area (TPSA) is 58.0 Å². The molecule has 17 heavy (non-hydrogen) atoms. The summed E-state index contributed by atoms with van der Waals surface area (Å²) in [6.45, 7) is 1.58. The molecule has 0 saturated carbocycles. The Morgan fingerprint density at radius 1 is 1.24 bits per heavy atom. The van der Waals surface area contributed by atoms with Gasteiger partial charge in [-0.3, -0.25) is 0 Å². The van der Waals surface area contributed by atoms with Crippen LogP contribution in [-0.4, -0.2) is 19.6 Å². The molecular weight excluding hydrogens is 214 g/mol. The van der Waals surface area contributed by atoms with Gasteiger partial charge in [0, 0.05) is 36.7 Å². The number of pyridine rings is 1. The van der Waals surface area contributed by atoms with E-state index < -0.39 is 0 Å². The van der Waals surface area contributed by atoms with Crippen LogP contribution in [0, 0.1) is 0 Å². The van der Waals surface area contributed by atoms with Crippen LogP contribution < -0.4 is 5.32 Å². The maximum Gasteiger partial charge on any atom is 0.0922 e. The molecule has 0 atom stereocenters. The van der Waals surface area contributed by atoms with Crippen LogP contribution in [0.25, 0.3) is 5.52 Å². The van der Waals surface area contributed by atoms with Gasteiger partial charge in [0.25, 0.3) is 0 Å². The fourth-order valence-electron chi connectivity index (χ4n) is 1.84. The Labute approximate surface area is 98.5 Å². The van der Waals surface area contributed by atoms with E-state index in [9.17, 15) is 0 Å². The van der Waals surface area contributed by atoms with E-state index in [0.717, 1.165) is 24.3 Å². The van der Waals surface area contributed by atoms with Crippen molar-refractivity contribution >= 4 is 5.52 Å². The highest BCUT2D eigenvalue weighted by Gasteiger charge is 2.02. The first-order valence-electron chi connectivity index (χ1n) is 5.53. The normalized spacial score (nSPS) is 11.1. The van der Waals surface area contributed by atoms with Crippen LogP contribution in [0.3, 0.4) is 0 Å². The molecule has 0 aliphatic heterocycles. The summed E-state index contributed by atoms with van der Waals surface area (Å²) < 4.78 is 1.88. The van der Waals surface area contributed by atoms with Gasteiger partial charge in [0.15, 0.2) is 0 Å². The Hall–Kier alpha value is -2.14. The average molecular weight is 227 g/mol. The van der Waals surface area contributed by atoms with Crippen molar-refractivity contribution in [2.75, 3.05) is 0 Å². The second kappa shape index (κ2) is 4.39. The van der Waals surface area contributed by atoms with Gasteiger partial charge in [-0.15, -0.1) is 0 Å². The van der Waals surface area contributed by atoms with Crippen molar-refractivity contribution in [1.29, 1.82) is 0 Å². The van der Waals surface area contributed by atoms with Crippen LogP contribution in [0.15, 0.2) is 43.1 Å². The highest BCUT2D eigenvalue weighted by atomic mass is 15.2. The van der Waals surface area contributed by atoms with Crippen LogP contribution in [-0.2, 0) is 13.1 Å². The lowest BCUT2D eigenvalue weighted by molar-refractivity contribution is 0.685. The first-order valence-corrected chi connectivity index (χ1v) is 5.53. The molecule has 0 saturated heterocycles. The van der Waals surface area contributed by atoms with Gasteiger partial charge >= 0.3 is 0 Å². The first-order chi connectivity index (χ1) is 8.43. The van der Waals surface area contributed by atoms with E-state index in [1.165, 1.54) is 5.56 Å². The minimum absolute atomic E-state index is 0.782. The standard InChI is InChI=1S/C12H13N5/c1-2-4-17-12(3-1)10(6-16-17)5-13-7-11-8-14-9-15-11/h1-4,6,8-9,13H,5,7H2,(H,14,15). The van der Waals surface area contributed by atoms with Crippen LogP contribution >= 0.6 is 0 Å². The molecule has 3 aromatic heterocycles. The van der Waals surface area contributed by atoms with Crippen molar-refractivity contribution in [3.8, 4) is 0 Å². The summed E-state index contributed by atoms with van der Waals surface area (Å²) >= 11 is 0. The van der Waals surface area contributed by atoms with Gasteiger partial charge in [-0.25, -0.2) is 9.50 Å². The zero-order valence-electron chi connectivity index (χ0n) is 9.30. The van der Waals surface area contributed by atoms with Gasteiger partial charge in [-0.05, 0) is 12.1 Å². The predicted molar refractivity (Wildman–Crippen MR) is 64.3 cm³/mol. The molecule has 0 spiro atoms. The number of nitrogens with zero attached hydrogens (tertiary/aromatic N) is 3. The Balaban J connectivity index is 1.69. The highest BCUT2D eigenvalue weighted by Crippen LogP contribution is 2.09. The molecule has 0 radical (unpaired) electrons. The summed E-state index contributed by atoms with van der Waals surface area (Å²) in [7, 11) is 0. The minimum Gasteiger partial charge on any atom is -0.347 e. The first kappa shape index (κ1) is 10.0. The molecule has 5 nitrogen and oxygen atoms in total. The summed E-state index contributed by atoms with van der Waals surface area (Å²) in [4.78, 5) is 7.04. The number of hydrogen-bond donors (Lipinski definition) is 2. The van der Waals surface area contributed by atoms with E-state index >= 15 is 0 Å². The number of rotatable bonds is 4. The van der Waals surface area contributed by atoms with Gasteiger partial charge in [0.05, 0.1) is 18.0 Å². The zero-order valence-corrected chi connectivity index (χ0v) is 9.30. The van der Waals surface area contributed by atoms with E-state index in [4.69, 9.17) is 0 Å². The SMILES string of the molecule is c1ccn2ncc(CNCc3cnc[nH]3)c2c1. The van der Waals surface area contributed by atoms with Gasteiger partial charge in [0.1, 0.15) is 0 Å². The quantitative estimate of drug-likeness (QED) is 0.707. The second-order valence-corrected chi connectivity index (χ2v) is 3.88. The highest BCUT2D eigenvalue weighted by molar-refractivity contribution is 5.53. The molecule has 3 heterocycles. The van der Waals surface area contributed by atoms with E-state index in [-0.39, 0.29) is 0 Å². The summed E-state index contributed by atoms with van der Waals surface area (Å²) in [6, 6.07) is 6.07. The van der Waals surface area contributed by atoms with Crippen molar-refractivity contribution in [3.05, 3.63) is 54.4 Å². The lowest BCUT2D eigenvalue weighted by Gasteiger charge is -2.01. The minimum atomic E-state index is 0.782. The number of fused-ring (bicyclic) bond motifs is 1. The largest absolute Gasteiger partial charge is 0.347 e. The number of aromatic amines is 1. The van der Waals surface area contributed by atoms with Gasteiger partial charge in [0.2, 0.25) is 0 Å². The number of hydrogen-bond acceptors (Lipinski definition) is 3. The third-order valence-electron chi connectivity index (χ3n) is 2.69. The molecule has 2 N–H and O–H groups in total. The Bertz CT molecular complexity index is 596. The Morgan fingerprint density at radius 3 is 3.12 bits per heavy atom. The van der Waals surface area contributed by atoms with Crippen molar-refractivity contribution in [2.45, 2.75) is 13.1 Å². The van der Waals surface area contributed by atoms with E-state index in [1.54, 1.807) is 6.33 Å². The molecule has 5 heteroatoms. The van der Waals surface area contributed by atoms with E-state index in [1.807, 2.05) is 35.2 Å². The molecule has 3 rings (SSSR count). The van der Waals surface area contributed by atoms with Crippen LogP contribution in [0.5, 0.6) is 0 Å². The molecule has 0 unspecified atom stereocenters. The van der Waals surface area contributed by atoms with Crippen LogP contribution in [0.2, 0.25) is 0 Å². The molecule has 0 aliphatic carbocycles. The average Bonchev–Trinajstić information content (AvgIpc) is 2.99. The fourth-order valence-corrected chi connectivity index (χ4v) is 1.84. The molecule has 0 aliphatic rings. The van der Waals surface area contributed by atoms with E-state index in [0.29, 0.717) is 0 Å². The molecule has 0 aromatic carbocycles. The van der Waals surface area contributed by atoms with Crippen molar-refractivity contribution in [2.24, 2.45) is 0 Å². The van der Waals surface area contributed by atoms with Crippen molar-refractivity contribution in [1.82, 2.24) is 24.9 Å². The predicted octanol–water partition coefficient (Wildman–Crippen LogP) is 1.35. The fraction of sp³-hybridized carbons (Fsp3) is 0.167. The van der Waals surface area contributed by atoms with E-state index in [2.05, 4.69) is 26.4 Å². The van der Waals surface area contributed by atoms with Crippen LogP contribution in [0.1, 0.15) is 11.3 Å². The second-order valence-electron chi connectivity index (χ2n) is 3.88. The number of aromatic nitrogens is 4. The summed E-state index contributed by atoms with van der Waals surface area (Å²) in [6.07, 6.45) is 7.36. The number of H-pyrrole nitrogens is 1. The third-order valence-corrected chi connectivity index (χ3v) is 2.69. The molecular formula is C12H13N5. The van der Waals surface area contributed by atoms with Crippen LogP contribution in [0.4, 0.5) is 0 Å². The third kappa shape index (κ3) is 2.05. The molecule has 0 fully saturated rings. The monoisotopic (exact) mass is 227 g/mol. The maximum atomic E-state index is 4.29. The lowest BCUT2D eigenvalue weighted by atomic mass is 10.2. The summed E-state index contributed by atoms with van der Waals surface area (Å²) in [5.41, 5.74) is 3.43. The Morgan fingerprint density at radius 2 is 2.24 bits per heavy atom. The smallest absolute Gasteiger partial charge is 0.0922 e. The van der Waals surface area contributed by atoms with Gasteiger partial charge in [-0.2, -0.15) is 5.10 Å². The maximum absolute atomic E-state index is 4.29.